The Balaban J connectivity index is 0.00000208. The van der Waals surface area contributed by atoms with E-state index in [2.05, 4.69) is 28.3 Å². The van der Waals surface area contributed by atoms with Gasteiger partial charge >= 0.3 is 0 Å². The monoisotopic (exact) mass is 444 g/mol. The number of halogens is 1. The van der Waals surface area contributed by atoms with Crippen LogP contribution < -0.4 is 15.8 Å². The van der Waals surface area contributed by atoms with E-state index in [4.69, 9.17) is 10.5 Å². The Bertz CT molecular complexity index is 544. The minimum absolute atomic E-state index is 0. The normalized spacial score (nSPS) is 22.2. The number of nitrogens with one attached hydrogen (secondary N) is 1. The fraction of sp³-hybridized carbons (Fsp3) is 0.611. The van der Waals surface area contributed by atoms with Crippen LogP contribution in [-0.4, -0.2) is 44.1 Å². The summed E-state index contributed by atoms with van der Waals surface area (Å²) in [5.74, 6) is 2.31. The van der Waals surface area contributed by atoms with Gasteiger partial charge < -0.3 is 20.7 Å². The summed E-state index contributed by atoms with van der Waals surface area (Å²) in [5, 5.41) is 3.36. The molecule has 24 heavy (non-hydrogen) atoms. The number of rotatable bonds is 4. The van der Waals surface area contributed by atoms with E-state index in [0.29, 0.717) is 5.96 Å². The Hall–Kier alpha value is -1.02. The van der Waals surface area contributed by atoms with Crippen LogP contribution in [0.4, 0.5) is 0 Å². The standard InChI is InChI=1S/C18H28N4O.HI/c1-22-11-7-14(8-12-22)6-10-20-18(19)21-16-9-13-23-17-5-3-2-4-15(16)17;/h2-5,14,16H,6-13H2,1H3,(H3,19,20,21);1H. The van der Waals surface area contributed by atoms with Gasteiger partial charge in [0.1, 0.15) is 5.75 Å². The van der Waals surface area contributed by atoms with E-state index in [-0.39, 0.29) is 30.0 Å². The lowest BCUT2D eigenvalue weighted by atomic mass is 9.94. The summed E-state index contributed by atoms with van der Waals surface area (Å²) in [6.07, 6.45) is 4.63. The predicted molar refractivity (Wildman–Crippen MR) is 109 cm³/mol. The molecule has 3 N–H and O–H groups in total. The zero-order valence-corrected chi connectivity index (χ0v) is 16.7. The first-order chi connectivity index (χ1) is 11.2. The van der Waals surface area contributed by atoms with Gasteiger partial charge in [0.2, 0.25) is 0 Å². The van der Waals surface area contributed by atoms with Gasteiger partial charge in [-0.3, -0.25) is 4.99 Å². The number of nitrogens with two attached hydrogens (primary N) is 1. The zero-order chi connectivity index (χ0) is 16.1. The van der Waals surface area contributed by atoms with Gasteiger partial charge in [0.15, 0.2) is 5.96 Å². The molecule has 2 aliphatic rings. The molecule has 1 atom stereocenters. The number of hydrogen-bond acceptors (Lipinski definition) is 3. The molecular formula is C18H29IN4O. The topological polar surface area (TPSA) is 62.9 Å². The number of piperidine rings is 1. The van der Waals surface area contributed by atoms with E-state index < -0.39 is 0 Å². The number of aliphatic imine (C=N–C) groups is 1. The Morgan fingerprint density at radius 2 is 2.04 bits per heavy atom. The van der Waals surface area contributed by atoms with E-state index >= 15 is 0 Å². The van der Waals surface area contributed by atoms with Crippen LogP contribution in [0.15, 0.2) is 29.3 Å². The van der Waals surface area contributed by atoms with Crippen LogP contribution in [0.25, 0.3) is 0 Å². The van der Waals surface area contributed by atoms with Gasteiger partial charge in [-0.15, -0.1) is 24.0 Å². The third-order valence-electron chi connectivity index (χ3n) is 4.94. The average molecular weight is 444 g/mol. The van der Waals surface area contributed by atoms with Gasteiger partial charge in [-0.05, 0) is 51.4 Å². The Morgan fingerprint density at radius 1 is 1.29 bits per heavy atom. The van der Waals surface area contributed by atoms with E-state index in [1.807, 2.05) is 18.2 Å². The van der Waals surface area contributed by atoms with Crippen molar-refractivity contribution in [2.45, 2.75) is 31.7 Å². The predicted octanol–water partition coefficient (Wildman–Crippen LogP) is 2.76. The van der Waals surface area contributed by atoms with Crippen LogP contribution in [0.5, 0.6) is 5.75 Å². The van der Waals surface area contributed by atoms with Gasteiger partial charge in [0, 0.05) is 18.5 Å². The van der Waals surface area contributed by atoms with Crippen LogP contribution in [0, 0.1) is 5.92 Å². The second-order valence-electron chi connectivity index (χ2n) is 6.67. The molecule has 0 spiro atoms. The molecular weight excluding hydrogens is 415 g/mol. The first-order valence-corrected chi connectivity index (χ1v) is 8.69. The molecule has 0 radical (unpaired) electrons. The zero-order valence-electron chi connectivity index (χ0n) is 14.4. The van der Waals surface area contributed by atoms with Crippen molar-refractivity contribution < 1.29 is 4.74 Å². The highest BCUT2D eigenvalue weighted by Gasteiger charge is 2.21. The molecule has 0 saturated carbocycles. The Labute approximate surface area is 162 Å². The van der Waals surface area contributed by atoms with Crippen molar-refractivity contribution in [2.24, 2.45) is 16.6 Å². The first kappa shape index (κ1) is 19.3. The summed E-state index contributed by atoms with van der Waals surface area (Å²) in [6, 6.07) is 8.34. The fourth-order valence-corrected chi connectivity index (χ4v) is 3.43. The lowest BCUT2D eigenvalue weighted by Crippen LogP contribution is -2.37. The lowest BCUT2D eigenvalue weighted by molar-refractivity contribution is 0.214. The van der Waals surface area contributed by atoms with Gasteiger partial charge in [0.25, 0.3) is 0 Å². The van der Waals surface area contributed by atoms with Gasteiger partial charge in [-0.2, -0.15) is 0 Å². The van der Waals surface area contributed by atoms with Crippen molar-refractivity contribution in [3.8, 4) is 5.75 Å². The number of nitrogens with zero attached hydrogens (tertiary/aromatic N) is 2. The van der Waals surface area contributed by atoms with Crippen molar-refractivity contribution in [3.63, 3.8) is 0 Å². The molecule has 1 saturated heterocycles. The van der Waals surface area contributed by atoms with Crippen LogP contribution in [0.3, 0.4) is 0 Å². The van der Waals surface area contributed by atoms with Gasteiger partial charge in [-0.1, -0.05) is 18.2 Å². The summed E-state index contributed by atoms with van der Waals surface area (Å²) in [5.41, 5.74) is 7.26. The third kappa shape index (κ3) is 5.24. The minimum Gasteiger partial charge on any atom is -0.493 e. The van der Waals surface area contributed by atoms with Crippen molar-refractivity contribution in [2.75, 3.05) is 33.3 Å². The smallest absolute Gasteiger partial charge is 0.189 e. The Morgan fingerprint density at radius 3 is 2.83 bits per heavy atom. The number of ether oxygens (including phenoxy) is 1. The van der Waals surface area contributed by atoms with Crippen molar-refractivity contribution >= 4 is 29.9 Å². The summed E-state index contributed by atoms with van der Waals surface area (Å²) in [4.78, 5) is 6.93. The molecule has 1 fully saturated rings. The molecule has 0 aliphatic carbocycles. The molecule has 2 aliphatic heterocycles. The van der Waals surface area contributed by atoms with Crippen LogP contribution >= 0.6 is 24.0 Å². The molecule has 6 heteroatoms. The SMILES string of the molecule is CN1CCC(CCN=C(N)NC2CCOc3ccccc32)CC1.I. The fourth-order valence-electron chi connectivity index (χ4n) is 3.43. The van der Waals surface area contributed by atoms with Crippen molar-refractivity contribution in [1.82, 2.24) is 10.2 Å². The average Bonchev–Trinajstić information content (AvgIpc) is 2.57. The number of hydrogen-bond donors (Lipinski definition) is 2. The minimum atomic E-state index is 0. The van der Waals surface area contributed by atoms with Crippen molar-refractivity contribution in [1.29, 1.82) is 0 Å². The summed E-state index contributed by atoms with van der Waals surface area (Å²) in [6.45, 7) is 3.96. The van der Waals surface area contributed by atoms with E-state index in [1.165, 1.54) is 31.5 Å². The lowest BCUT2D eigenvalue weighted by Gasteiger charge is -2.28. The Kier molecular flexibility index (Phi) is 7.61. The number of benzene rings is 1. The van der Waals surface area contributed by atoms with E-state index in [9.17, 15) is 0 Å². The highest BCUT2D eigenvalue weighted by Crippen LogP contribution is 2.31. The third-order valence-corrected chi connectivity index (χ3v) is 4.94. The largest absolute Gasteiger partial charge is 0.493 e. The summed E-state index contributed by atoms with van der Waals surface area (Å²) < 4.78 is 5.68. The molecule has 134 valence electrons. The maximum absolute atomic E-state index is 6.09. The molecule has 0 bridgehead atoms. The van der Waals surface area contributed by atoms with Gasteiger partial charge in [-0.25, -0.2) is 0 Å². The molecule has 1 unspecified atom stereocenters. The van der Waals surface area contributed by atoms with Crippen LogP contribution in [0.1, 0.15) is 37.3 Å². The molecule has 1 aromatic rings. The van der Waals surface area contributed by atoms with Crippen molar-refractivity contribution in [3.05, 3.63) is 29.8 Å². The maximum Gasteiger partial charge on any atom is 0.189 e. The number of likely N-dealkylation sites (tertiary alicyclic amines) is 1. The van der Waals surface area contributed by atoms with Crippen LogP contribution in [-0.2, 0) is 0 Å². The first-order valence-electron chi connectivity index (χ1n) is 8.69. The van der Waals surface area contributed by atoms with Gasteiger partial charge in [0.05, 0.1) is 12.6 Å². The number of guanidine groups is 1. The maximum atomic E-state index is 6.09. The molecule has 0 amide bonds. The van der Waals surface area contributed by atoms with E-state index in [1.54, 1.807) is 0 Å². The molecule has 2 heterocycles. The second kappa shape index (κ2) is 9.46. The quantitative estimate of drug-likeness (QED) is 0.426. The molecule has 1 aromatic carbocycles. The summed E-state index contributed by atoms with van der Waals surface area (Å²) in [7, 11) is 2.20. The second-order valence-corrected chi connectivity index (χ2v) is 6.67. The highest BCUT2D eigenvalue weighted by atomic mass is 127. The number of para-hydroxylation sites is 1. The number of fused-ring (bicyclic) bond motifs is 1. The molecule has 3 rings (SSSR count). The summed E-state index contributed by atoms with van der Waals surface area (Å²) >= 11 is 0. The highest BCUT2D eigenvalue weighted by molar-refractivity contribution is 14.0. The molecule has 0 aromatic heterocycles. The van der Waals surface area contributed by atoms with Crippen LogP contribution in [0.2, 0.25) is 0 Å². The van der Waals surface area contributed by atoms with E-state index in [0.717, 1.165) is 37.7 Å². The molecule has 5 nitrogen and oxygen atoms in total.